The second kappa shape index (κ2) is 5.23. The highest BCUT2D eigenvalue weighted by atomic mass is 16.3. The van der Waals surface area contributed by atoms with Gasteiger partial charge in [0.2, 0.25) is 0 Å². The standard InChI is InChI=1S/C11H20N4O/c1-4-15(8-11(2,3)16)10-9(7-12)13-5-6-14-10/h5-6,16H,4,7-8,12H2,1-3H3. The highest BCUT2D eigenvalue weighted by Gasteiger charge is 2.20. The van der Waals surface area contributed by atoms with Gasteiger partial charge in [0.25, 0.3) is 0 Å². The summed E-state index contributed by atoms with van der Waals surface area (Å²) in [5.74, 6) is 0.759. The minimum atomic E-state index is -0.764. The van der Waals surface area contributed by atoms with Gasteiger partial charge >= 0.3 is 0 Å². The van der Waals surface area contributed by atoms with Gasteiger partial charge in [-0.1, -0.05) is 0 Å². The summed E-state index contributed by atoms with van der Waals surface area (Å²) >= 11 is 0. The molecule has 0 atom stereocenters. The third-order valence-electron chi connectivity index (χ3n) is 2.20. The lowest BCUT2D eigenvalue weighted by Crippen LogP contribution is -2.39. The molecule has 0 fully saturated rings. The van der Waals surface area contributed by atoms with E-state index in [1.807, 2.05) is 11.8 Å². The first-order chi connectivity index (χ1) is 7.48. The van der Waals surface area contributed by atoms with Crippen molar-refractivity contribution in [1.29, 1.82) is 0 Å². The van der Waals surface area contributed by atoms with Gasteiger partial charge in [-0.3, -0.25) is 4.98 Å². The Kier molecular flexibility index (Phi) is 4.20. The minimum Gasteiger partial charge on any atom is -0.389 e. The van der Waals surface area contributed by atoms with Crippen LogP contribution in [0, 0.1) is 0 Å². The maximum absolute atomic E-state index is 9.82. The molecule has 5 nitrogen and oxygen atoms in total. The van der Waals surface area contributed by atoms with Crippen LogP contribution >= 0.6 is 0 Å². The highest BCUT2D eigenvalue weighted by molar-refractivity contribution is 5.43. The normalized spacial score (nSPS) is 11.6. The van der Waals surface area contributed by atoms with E-state index in [0.29, 0.717) is 13.1 Å². The van der Waals surface area contributed by atoms with Crippen LogP contribution in [0.15, 0.2) is 12.4 Å². The van der Waals surface area contributed by atoms with Crippen molar-refractivity contribution in [2.45, 2.75) is 32.9 Å². The monoisotopic (exact) mass is 224 g/mol. The third-order valence-corrected chi connectivity index (χ3v) is 2.20. The lowest BCUT2D eigenvalue weighted by atomic mass is 10.1. The average Bonchev–Trinajstić information content (AvgIpc) is 2.24. The minimum absolute atomic E-state index is 0.353. The summed E-state index contributed by atoms with van der Waals surface area (Å²) in [5.41, 5.74) is 5.61. The van der Waals surface area contributed by atoms with E-state index in [4.69, 9.17) is 5.73 Å². The van der Waals surface area contributed by atoms with E-state index in [1.165, 1.54) is 0 Å². The average molecular weight is 224 g/mol. The summed E-state index contributed by atoms with van der Waals surface area (Å²) in [6.45, 7) is 7.18. The molecule has 5 heteroatoms. The topological polar surface area (TPSA) is 75.3 Å². The molecule has 0 amide bonds. The van der Waals surface area contributed by atoms with Gasteiger partial charge in [-0.05, 0) is 20.8 Å². The summed E-state index contributed by atoms with van der Waals surface area (Å²) in [6.07, 6.45) is 3.27. The van der Waals surface area contributed by atoms with Gasteiger partial charge in [0.05, 0.1) is 11.3 Å². The molecule has 90 valence electrons. The Morgan fingerprint density at radius 1 is 1.38 bits per heavy atom. The Labute approximate surface area is 96.3 Å². The Morgan fingerprint density at radius 2 is 2.00 bits per heavy atom. The molecule has 3 N–H and O–H groups in total. The predicted octanol–water partition coefficient (Wildman–Crippen LogP) is 0.533. The van der Waals surface area contributed by atoms with Crippen molar-refractivity contribution in [3.63, 3.8) is 0 Å². The fourth-order valence-electron chi connectivity index (χ4n) is 1.57. The van der Waals surface area contributed by atoms with Crippen molar-refractivity contribution in [1.82, 2.24) is 9.97 Å². The van der Waals surface area contributed by atoms with Gasteiger partial charge in [-0.2, -0.15) is 0 Å². The van der Waals surface area contributed by atoms with Crippen molar-refractivity contribution in [2.24, 2.45) is 5.73 Å². The fourth-order valence-corrected chi connectivity index (χ4v) is 1.57. The number of anilines is 1. The second-order valence-electron chi connectivity index (χ2n) is 4.36. The first-order valence-corrected chi connectivity index (χ1v) is 5.45. The van der Waals surface area contributed by atoms with E-state index in [9.17, 15) is 5.11 Å². The van der Waals surface area contributed by atoms with Crippen LogP contribution in [0.5, 0.6) is 0 Å². The summed E-state index contributed by atoms with van der Waals surface area (Å²) in [6, 6.07) is 0. The number of aromatic nitrogens is 2. The summed E-state index contributed by atoms with van der Waals surface area (Å²) in [5, 5.41) is 9.82. The van der Waals surface area contributed by atoms with E-state index in [0.717, 1.165) is 18.1 Å². The lowest BCUT2D eigenvalue weighted by molar-refractivity contribution is 0.0873. The van der Waals surface area contributed by atoms with Crippen molar-refractivity contribution in [2.75, 3.05) is 18.0 Å². The Hall–Kier alpha value is -1.20. The quantitative estimate of drug-likeness (QED) is 0.763. The Morgan fingerprint density at radius 3 is 2.50 bits per heavy atom. The Bertz CT molecular complexity index is 335. The summed E-state index contributed by atoms with van der Waals surface area (Å²) in [7, 11) is 0. The number of nitrogens with zero attached hydrogens (tertiary/aromatic N) is 3. The molecule has 1 aromatic rings. The SMILES string of the molecule is CCN(CC(C)(C)O)c1nccnc1CN. The molecule has 1 heterocycles. The van der Waals surface area contributed by atoms with Gasteiger partial charge in [0.15, 0.2) is 5.82 Å². The zero-order valence-corrected chi connectivity index (χ0v) is 10.1. The molecule has 0 radical (unpaired) electrons. The van der Waals surface area contributed by atoms with Crippen LogP contribution in [0.2, 0.25) is 0 Å². The van der Waals surface area contributed by atoms with E-state index >= 15 is 0 Å². The molecule has 0 aliphatic carbocycles. The highest BCUT2D eigenvalue weighted by Crippen LogP contribution is 2.17. The maximum atomic E-state index is 9.82. The van der Waals surface area contributed by atoms with Crippen molar-refractivity contribution < 1.29 is 5.11 Å². The van der Waals surface area contributed by atoms with Crippen LogP contribution in [0.1, 0.15) is 26.5 Å². The smallest absolute Gasteiger partial charge is 0.151 e. The largest absolute Gasteiger partial charge is 0.389 e. The van der Waals surface area contributed by atoms with E-state index < -0.39 is 5.60 Å². The first kappa shape index (κ1) is 12.9. The van der Waals surface area contributed by atoms with Crippen molar-refractivity contribution >= 4 is 5.82 Å². The van der Waals surface area contributed by atoms with Crippen LogP contribution in [0.3, 0.4) is 0 Å². The molecule has 0 aliphatic heterocycles. The van der Waals surface area contributed by atoms with Crippen molar-refractivity contribution in [3.05, 3.63) is 18.1 Å². The second-order valence-corrected chi connectivity index (χ2v) is 4.36. The summed E-state index contributed by atoms with van der Waals surface area (Å²) < 4.78 is 0. The lowest BCUT2D eigenvalue weighted by Gasteiger charge is -2.29. The maximum Gasteiger partial charge on any atom is 0.151 e. The van der Waals surface area contributed by atoms with E-state index in [2.05, 4.69) is 9.97 Å². The number of hydrogen-bond acceptors (Lipinski definition) is 5. The molecule has 0 unspecified atom stereocenters. The number of nitrogens with two attached hydrogens (primary N) is 1. The molecule has 0 saturated carbocycles. The molecular weight excluding hydrogens is 204 g/mol. The van der Waals surface area contributed by atoms with Gasteiger partial charge < -0.3 is 15.7 Å². The zero-order valence-electron chi connectivity index (χ0n) is 10.1. The van der Waals surface area contributed by atoms with Gasteiger partial charge in [-0.25, -0.2) is 4.98 Å². The van der Waals surface area contributed by atoms with Gasteiger partial charge in [-0.15, -0.1) is 0 Å². The number of aliphatic hydroxyl groups is 1. The molecule has 0 bridgehead atoms. The molecule has 0 aliphatic rings. The summed E-state index contributed by atoms with van der Waals surface area (Å²) in [4.78, 5) is 10.4. The molecule has 0 saturated heterocycles. The first-order valence-electron chi connectivity index (χ1n) is 5.45. The third kappa shape index (κ3) is 3.43. The number of hydrogen-bond donors (Lipinski definition) is 2. The van der Waals surface area contributed by atoms with Crippen LogP contribution in [-0.2, 0) is 6.54 Å². The van der Waals surface area contributed by atoms with Gasteiger partial charge in [0, 0.05) is 32.0 Å². The van der Waals surface area contributed by atoms with Crippen LogP contribution in [0.4, 0.5) is 5.82 Å². The van der Waals surface area contributed by atoms with Crippen LogP contribution in [-0.4, -0.2) is 33.8 Å². The van der Waals surface area contributed by atoms with Gasteiger partial charge in [0.1, 0.15) is 0 Å². The molecular formula is C11H20N4O. The molecule has 1 aromatic heterocycles. The molecule has 0 aromatic carbocycles. The fraction of sp³-hybridized carbons (Fsp3) is 0.636. The van der Waals surface area contributed by atoms with Crippen LogP contribution < -0.4 is 10.6 Å². The van der Waals surface area contributed by atoms with Crippen molar-refractivity contribution in [3.8, 4) is 0 Å². The zero-order chi connectivity index (χ0) is 12.2. The van der Waals surface area contributed by atoms with Crippen LogP contribution in [0.25, 0.3) is 0 Å². The van der Waals surface area contributed by atoms with E-state index in [1.54, 1.807) is 26.2 Å². The van der Waals surface area contributed by atoms with E-state index in [-0.39, 0.29) is 0 Å². The predicted molar refractivity (Wildman–Crippen MR) is 64.1 cm³/mol. The number of likely N-dealkylation sites (N-methyl/N-ethyl adjacent to an activating group) is 1. The molecule has 16 heavy (non-hydrogen) atoms. The Balaban J connectivity index is 2.94. The number of rotatable bonds is 5. The molecule has 1 rings (SSSR count). The molecule has 0 spiro atoms.